The second-order valence-corrected chi connectivity index (χ2v) is 7.68. The molecule has 3 rings (SSSR count). The number of piperazine rings is 1. The van der Waals surface area contributed by atoms with Crippen molar-refractivity contribution in [1.29, 1.82) is 0 Å². The van der Waals surface area contributed by atoms with E-state index in [1.165, 1.54) is 44.4 Å². The molecule has 174 valence electrons. The zero-order valence-electron chi connectivity index (χ0n) is 18.0. The number of alkyl halides is 3. The average molecular weight is 454 g/mol. The van der Waals surface area contributed by atoms with Crippen LogP contribution in [0.5, 0.6) is 11.5 Å². The second-order valence-electron chi connectivity index (χ2n) is 7.68. The first kappa shape index (κ1) is 23.8. The number of benzene rings is 2. The van der Waals surface area contributed by atoms with E-state index >= 15 is 0 Å². The van der Waals surface area contributed by atoms with Gasteiger partial charge in [-0.1, -0.05) is 18.2 Å². The molecule has 0 N–H and O–H groups in total. The Bertz CT molecular complexity index is 928. The molecule has 32 heavy (non-hydrogen) atoms. The zero-order valence-corrected chi connectivity index (χ0v) is 18.0. The maximum absolute atomic E-state index is 13.5. The van der Waals surface area contributed by atoms with Crippen LogP contribution >= 0.6 is 0 Å². The van der Waals surface area contributed by atoms with E-state index in [0.29, 0.717) is 44.9 Å². The van der Waals surface area contributed by atoms with Gasteiger partial charge in [-0.2, -0.15) is 0 Å². The largest absolute Gasteiger partial charge is 0.573 e. The maximum atomic E-state index is 13.5. The van der Waals surface area contributed by atoms with E-state index in [9.17, 15) is 22.4 Å². The Hall–Kier alpha value is -2.81. The highest BCUT2D eigenvalue weighted by Crippen LogP contribution is 2.34. The molecule has 2 aromatic carbocycles. The third kappa shape index (κ3) is 6.12. The monoisotopic (exact) mass is 454 g/mol. The molecule has 1 heterocycles. The number of methoxy groups -OCH3 is 1. The van der Waals surface area contributed by atoms with Crippen LogP contribution in [0.4, 0.5) is 23.2 Å². The summed E-state index contributed by atoms with van der Waals surface area (Å²) < 4.78 is 61.2. The third-order valence-corrected chi connectivity index (χ3v) is 5.60. The van der Waals surface area contributed by atoms with Crippen molar-refractivity contribution in [2.75, 3.05) is 44.7 Å². The predicted octanol–water partition coefficient (Wildman–Crippen LogP) is 4.62. The van der Waals surface area contributed by atoms with Crippen molar-refractivity contribution < 1.29 is 31.8 Å². The van der Waals surface area contributed by atoms with Gasteiger partial charge in [0.1, 0.15) is 23.1 Å². The summed E-state index contributed by atoms with van der Waals surface area (Å²) in [5, 5.41) is 0. The first-order valence-electron chi connectivity index (χ1n) is 10.3. The van der Waals surface area contributed by atoms with Crippen LogP contribution in [0.15, 0.2) is 42.5 Å². The summed E-state index contributed by atoms with van der Waals surface area (Å²) in [4.78, 5) is 16.5. The molecule has 0 saturated carbocycles. The van der Waals surface area contributed by atoms with Gasteiger partial charge < -0.3 is 14.4 Å². The predicted molar refractivity (Wildman–Crippen MR) is 113 cm³/mol. The summed E-state index contributed by atoms with van der Waals surface area (Å²) in [5.41, 5.74) is 1.06. The quantitative estimate of drug-likeness (QED) is 0.545. The number of ketones is 1. The lowest BCUT2D eigenvalue weighted by Crippen LogP contribution is -2.47. The number of Topliss-reactive ketones (excluding diaryl/α,β-unsaturated/α-hetero) is 1. The van der Waals surface area contributed by atoms with Crippen LogP contribution in [0.3, 0.4) is 0 Å². The van der Waals surface area contributed by atoms with Crippen molar-refractivity contribution in [3.63, 3.8) is 0 Å². The Kier molecular flexibility index (Phi) is 7.60. The molecule has 0 aliphatic carbocycles. The minimum absolute atomic E-state index is 0.210. The topological polar surface area (TPSA) is 42.0 Å². The van der Waals surface area contributed by atoms with Gasteiger partial charge in [-0.05, 0) is 38.1 Å². The zero-order chi connectivity index (χ0) is 23.3. The number of rotatable bonds is 8. The van der Waals surface area contributed by atoms with Crippen LogP contribution in [-0.4, -0.2) is 56.9 Å². The van der Waals surface area contributed by atoms with Gasteiger partial charge in [0.2, 0.25) is 0 Å². The fraction of sp³-hybridized carbons (Fsp3) is 0.435. The van der Waals surface area contributed by atoms with E-state index in [2.05, 4.69) is 14.5 Å². The SMILES string of the molecule is COc1cc(F)ccc1N1CCN(CCC(C(C)=O)c2ccccc2OC(F)(F)F)CC1. The number of para-hydroxylation sites is 1. The van der Waals surface area contributed by atoms with Gasteiger partial charge >= 0.3 is 6.36 Å². The molecule has 5 nitrogen and oxygen atoms in total. The van der Waals surface area contributed by atoms with E-state index in [4.69, 9.17) is 4.74 Å². The summed E-state index contributed by atoms with van der Waals surface area (Å²) >= 11 is 0. The van der Waals surface area contributed by atoms with E-state index < -0.39 is 12.3 Å². The number of anilines is 1. The number of carbonyl (C=O) groups is 1. The highest BCUT2D eigenvalue weighted by Gasteiger charge is 2.33. The molecule has 1 saturated heterocycles. The Balaban J connectivity index is 1.63. The average Bonchev–Trinajstić information content (AvgIpc) is 2.74. The fourth-order valence-electron chi connectivity index (χ4n) is 4.00. The summed E-state index contributed by atoms with van der Waals surface area (Å²) in [5.74, 6) is -1.14. The smallest absolute Gasteiger partial charge is 0.494 e. The highest BCUT2D eigenvalue weighted by atomic mass is 19.4. The van der Waals surface area contributed by atoms with Gasteiger partial charge in [-0.25, -0.2) is 4.39 Å². The summed E-state index contributed by atoms with van der Waals surface area (Å²) in [6.45, 7) is 4.70. The van der Waals surface area contributed by atoms with E-state index in [0.717, 1.165) is 5.69 Å². The first-order valence-corrected chi connectivity index (χ1v) is 10.3. The Morgan fingerprint density at radius 1 is 1.06 bits per heavy atom. The standard InChI is InChI=1S/C23H26F4N2O3/c1-16(30)18(19-5-3-4-6-21(19)32-23(25,26)27)9-10-28-11-13-29(14-12-28)20-8-7-17(24)15-22(20)31-2/h3-8,15,18H,9-14H2,1-2H3. The molecular weight excluding hydrogens is 428 g/mol. The molecule has 0 bridgehead atoms. The molecule has 0 aromatic heterocycles. The molecule has 1 atom stereocenters. The molecule has 0 radical (unpaired) electrons. The van der Waals surface area contributed by atoms with Crippen molar-refractivity contribution in [2.24, 2.45) is 0 Å². The number of carbonyl (C=O) groups excluding carboxylic acids is 1. The van der Waals surface area contributed by atoms with E-state index in [1.807, 2.05) is 0 Å². The van der Waals surface area contributed by atoms with Crippen molar-refractivity contribution >= 4 is 11.5 Å². The number of ether oxygens (including phenoxy) is 2. The van der Waals surface area contributed by atoms with Crippen LogP contribution in [0, 0.1) is 5.82 Å². The molecule has 1 aliphatic rings. The summed E-state index contributed by atoms with van der Waals surface area (Å²) in [6, 6.07) is 10.2. The van der Waals surface area contributed by atoms with Gasteiger partial charge in [-0.3, -0.25) is 9.69 Å². The van der Waals surface area contributed by atoms with Crippen molar-refractivity contribution in [2.45, 2.75) is 25.6 Å². The number of nitrogens with zero attached hydrogens (tertiary/aromatic N) is 2. The minimum atomic E-state index is -4.82. The van der Waals surface area contributed by atoms with Crippen molar-refractivity contribution in [1.82, 2.24) is 4.90 Å². The third-order valence-electron chi connectivity index (χ3n) is 5.60. The Labute approximate surface area is 184 Å². The molecule has 1 unspecified atom stereocenters. The van der Waals surface area contributed by atoms with Crippen LogP contribution in [0.25, 0.3) is 0 Å². The lowest BCUT2D eigenvalue weighted by atomic mass is 9.91. The second kappa shape index (κ2) is 10.2. The Morgan fingerprint density at radius 3 is 2.38 bits per heavy atom. The molecular formula is C23H26F4N2O3. The van der Waals surface area contributed by atoms with Crippen molar-refractivity contribution in [3.05, 3.63) is 53.8 Å². The first-order chi connectivity index (χ1) is 15.2. The van der Waals surface area contributed by atoms with Gasteiger partial charge in [0.25, 0.3) is 0 Å². The van der Waals surface area contributed by atoms with Gasteiger partial charge in [-0.15, -0.1) is 13.2 Å². The van der Waals surface area contributed by atoms with Gasteiger partial charge in [0.05, 0.1) is 12.8 Å². The van der Waals surface area contributed by atoms with E-state index in [1.54, 1.807) is 12.1 Å². The van der Waals surface area contributed by atoms with Crippen LogP contribution < -0.4 is 14.4 Å². The van der Waals surface area contributed by atoms with Crippen LogP contribution in [-0.2, 0) is 4.79 Å². The lowest BCUT2D eigenvalue weighted by Gasteiger charge is -2.37. The van der Waals surface area contributed by atoms with Crippen molar-refractivity contribution in [3.8, 4) is 11.5 Å². The number of hydrogen-bond acceptors (Lipinski definition) is 5. The summed E-state index contributed by atoms with van der Waals surface area (Å²) in [6.07, 6.45) is -4.44. The summed E-state index contributed by atoms with van der Waals surface area (Å²) in [7, 11) is 1.50. The molecule has 9 heteroatoms. The van der Waals surface area contributed by atoms with Crippen LogP contribution in [0.2, 0.25) is 0 Å². The van der Waals surface area contributed by atoms with Gasteiger partial charge in [0, 0.05) is 43.7 Å². The molecule has 2 aromatic rings. The molecule has 1 aliphatic heterocycles. The molecule has 0 spiro atoms. The Morgan fingerprint density at radius 2 is 1.75 bits per heavy atom. The minimum Gasteiger partial charge on any atom is -0.494 e. The molecule has 1 fully saturated rings. The highest BCUT2D eigenvalue weighted by molar-refractivity contribution is 5.84. The number of halogens is 4. The normalized spacial score (nSPS) is 16.0. The lowest BCUT2D eigenvalue weighted by molar-refractivity contribution is -0.275. The fourth-order valence-corrected chi connectivity index (χ4v) is 4.00. The van der Waals surface area contributed by atoms with Gasteiger partial charge in [0.15, 0.2) is 0 Å². The van der Waals surface area contributed by atoms with E-state index in [-0.39, 0.29) is 22.9 Å². The van der Waals surface area contributed by atoms with Crippen LogP contribution in [0.1, 0.15) is 24.8 Å². The maximum Gasteiger partial charge on any atom is 0.573 e. The number of hydrogen-bond donors (Lipinski definition) is 0. The molecule has 0 amide bonds.